The van der Waals surface area contributed by atoms with Crippen LogP contribution in [0.3, 0.4) is 0 Å². The zero-order valence-corrected chi connectivity index (χ0v) is 21.5. The van der Waals surface area contributed by atoms with Gasteiger partial charge in [-0.1, -0.05) is 59.6 Å². The van der Waals surface area contributed by atoms with E-state index < -0.39 is 26.7 Å². The van der Waals surface area contributed by atoms with Gasteiger partial charge in [-0.2, -0.15) is 13.2 Å². The molecule has 37 heavy (non-hydrogen) atoms. The first kappa shape index (κ1) is 26.7. The van der Waals surface area contributed by atoms with Crippen LogP contribution in [-0.2, 0) is 22.7 Å². The van der Waals surface area contributed by atoms with E-state index in [4.69, 9.17) is 23.2 Å². The number of benzene rings is 3. The molecular weight excluding hydrogens is 548 g/mol. The van der Waals surface area contributed by atoms with E-state index in [1.54, 1.807) is 24.3 Å². The molecular formula is C25H19Cl2F3N4O2S. The van der Waals surface area contributed by atoms with E-state index in [9.17, 15) is 21.6 Å². The van der Waals surface area contributed by atoms with Gasteiger partial charge in [0.1, 0.15) is 5.69 Å². The minimum Gasteiger partial charge on any atom is -0.370 e. The molecule has 0 saturated carbocycles. The number of alkyl halides is 3. The quantitative estimate of drug-likeness (QED) is 0.263. The molecule has 1 N–H and O–H groups in total. The predicted molar refractivity (Wildman–Crippen MR) is 138 cm³/mol. The van der Waals surface area contributed by atoms with Crippen LogP contribution in [0.15, 0.2) is 84.0 Å². The Morgan fingerprint density at radius 2 is 1.59 bits per heavy atom. The molecule has 0 amide bonds. The lowest BCUT2D eigenvalue weighted by atomic mass is 10.1. The molecule has 192 valence electrons. The van der Waals surface area contributed by atoms with Gasteiger partial charge < -0.3 is 4.90 Å². The molecule has 4 rings (SSSR count). The summed E-state index contributed by atoms with van der Waals surface area (Å²) in [5, 5.41) is 0.900. The Morgan fingerprint density at radius 1 is 0.919 bits per heavy atom. The number of nitrogens with one attached hydrogen (secondary N) is 1. The normalized spacial score (nSPS) is 11.8. The van der Waals surface area contributed by atoms with Gasteiger partial charge in [0.05, 0.1) is 20.5 Å². The average molecular weight is 567 g/mol. The summed E-state index contributed by atoms with van der Waals surface area (Å²) in [5.74, 6) is -0.194. The maximum Gasteiger partial charge on any atom is 0.417 e. The van der Waals surface area contributed by atoms with Gasteiger partial charge in [0, 0.05) is 37.2 Å². The van der Waals surface area contributed by atoms with E-state index in [0.717, 1.165) is 23.4 Å². The zero-order valence-electron chi connectivity index (χ0n) is 19.2. The summed E-state index contributed by atoms with van der Waals surface area (Å²) >= 11 is 12.1. The van der Waals surface area contributed by atoms with Gasteiger partial charge in [-0.25, -0.2) is 13.4 Å². The van der Waals surface area contributed by atoms with Crippen LogP contribution in [-0.4, -0.2) is 25.4 Å². The van der Waals surface area contributed by atoms with Crippen molar-refractivity contribution in [1.82, 2.24) is 9.97 Å². The maximum absolute atomic E-state index is 13.4. The summed E-state index contributed by atoms with van der Waals surface area (Å²) in [6.45, 7) is 0.534. The average Bonchev–Trinajstić information content (AvgIpc) is 2.86. The lowest BCUT2D eigenvalue weighted by molar-refractivity contribution is -0.139. The van der Waals surface area contributed by atoms with Crippen molar-refractivity contribution in [1.29, 1.82) is 0 Å². The van der Waals surface area contributed by atoms with Crippen molar-refractivity contribution < 1.29 is 21.6 Å². The minimum absolute atomic E-state index is 0.167. The molecule has 0 unspecified atom stereocenters. The van der Waals surface area contributed by atoms with Gasteiger partial charge in [-0.3, -0.25) is 9.71 Å². The van der Waals surface area contributed by atoms with Crippen LogP contribution in [0, 0.1) is 0 Å². The highest BCUT2D eigenvalue weighted by Gasteiger charge is 2.37. The minimum atomic E-state index is -4.85. The van der Waals surface area contributed by atoms with Gasteiger partial charge in [-0.05, 0) is 35.9 Å². The molecule has 0 radical (unpaired) electrons. The second-order valence-electron chi connectivity index (χ2n) is 8.00. The van der Waals surface area contributed by atoms with Crippen molar-refractivity contribution in [2.75, 3.05) is 16.7 Å². The zero-order chi connectivity index (χ0) is 26.8. The summed E-state index contributed by atoms with van der Waals surface area (Å²) in [4.78, 5) is 9.29. The molecule has 0 fully saturated rings. The second-order valence-corrected chi connectivity index (χ2v) is 10.5. The van der Waals surface area contributed by atoms with Crippen molar-refractivity contribution >= 4 is 44.7 Å². The van der Waals surface area contributed by atoms with Crippen molar-refractivity contribution in [3.05, 3.63) is 100 Å². The molecule has 0 spiro atoms. The first-order valence-electron chi connectivity index (χ1n) is 10.7. The van der Waals surface area contributed by atoms with Crippen LogP contribution in [0.25, 0.3) is 11.3 Å². The number of halogens is 5. The topological polar surface area (TPSA) is 75.2 Å². The third kappa shape index (κ3) is 6.15. The summed E-state index contributed by atoms with van der Waals surface area (Å²) in [6, 6.07) is 16.4. The summed E-state index contributed by atoms with van der Waals surface area (Å²) in [6.07, 6.45) is -2.24. The first-order valence-corrected chi connectivity index (χ1v) is 12.9. The standard InChI is InChI=1S/C25H19Cl2F3N4O2S/c1-34(18-10-11-20(26)21(27)14-18)15-16-6-8-17(9-7-16)23-24(32-13-12-31-23)33-37(35,36)22-5-3-2-4-19(22)25(28,29)30/h2-14H,15H2,1H3,(H,32,33). The smallest absolute Gasteiger partial charge is 0.370 e. The van der Waals surface area contributed by atoms with Gasteiger partial charge in [0.25, 0.3) is 10.0 Å². The highest BCUT2D eigenvalue weighted by molar-refractivity contribution is 7.92. The highest BCUT2D eigenvalue weighted by Crippen LogP contribution is 2.35. The Labute approximate surface area is 221 Å². The van der Waals surface area contributed by atoms with Crippen LogP contribution >= 0.6 is 23.2 Å². The largest absolute Gasteiger partial charge is 0.417 e. The Kier molecular flexibility index (Phi) is 7.63. The Morgan fingerprint density at radius 3 is 2.27 bits per heavy atom. The van der Waals surface area contributed by atoms with Crippen molar-refractivity contribution in [2.24, 2.45) is 0 Å². The van der Waals surface area contributed by atoms with E-state index in [1.165, 1.54) is 18.5 Å². The van der Waals surface area contributed by atoms with Crippen LogP contribution in [0.2, 0.25) is 10.0 Å². The van der Waals surface area contributed by atoms with Gasteiger partial charge in [-0.15, -0.1) is 0 Å². The molecule has 3 aromatic carbocycles. The van der Waals surface area contributed by atoms with Crippen molar-refractivity contribution in [2.45, 2.75) is 17.6 Å². The van der Waals surface area contributed by atoms with Gasteiger partial charge >= 0.3 is 6.18 Å². The van der Waals surface area contributed by atoms with E-state index >= 15 is 0 Å². The highest BCUT2D eigenvalue weighted by atomic mass is 35.5. The molecule has 0 bridgehead atoms. The molecule has 1 aromatic heterocycles. The molecule has 6 nitrogen and oxygen atoms in total. The number of nitrogens with zero attached hydrogens (tertiary/aromatic N) is 3. The second kappa shape index (κ2) is 10.6. The van der Waals surface area contributed by atoms with Crippen molar-refractivity contribution in [3.8, 4) is 11.3 Å². The van der Waals surface area contributed by atoms with E-state index in [2.05, 4.69) is 14.7 Å². The fourth-order valence-corrected chi connectivity index (χ4v) is 5.13. The van der Waals surface area contributed by atoms with Gasteiger partial charge in [0.15, 0.2) is 5.82 Å². The van der Waals surface area contributed by atoms with Crippen molar-refractivity contribution in [3.63, 3.8) is 0 Å². The van der Waals surface area contributed by atoms with Crippen LogP contribution in [0.4, 0.5) is 24.7 Å². The Hall–Kier alpha value is -3.34. The maximum atomic E-state index is 13.4. The van der Waals surface area contributed by atoms with E-state index in [1.807, 2.05) is 30.1 Å². The first-order chi connectivity index (χ1) is 17.5. The van der Waals surface area contributed by atoms with Crippen LogP contribution in [0.5, 0.6) is 0 Å². The lowest BCUT2D eigenvalue weighted by Crippen LogP contribution is -2.20. The monoisotopic (exact) mass is 566 g/mol. The Bertz CT molecular complexity index is 1530. The third-order valence-electron chi connectivity index (χ3n) is 5.40. The summed E-state index contributed by atoms with van der Waals surface area (Å²) in [7, 11) is -2.73. The number of aromatic nitrogens is 2. The van der Waals surface area contributed by atoms with Gasteiger partial charge in [0.2, 0.25) is 0 Å². The SMILES string of the molecule is CN(Cc1ccc(-c2nccnc2NS(=O)(=O)c2ccccc2C(F)(F)F)cc1)c1ccc(Cl)c(Cl)c1. The number of hydrogen-bond donors (Lipinski definition) is 1. The van der Waals surface area contributed by atoms with Crippen LogP contribution < -0.4 is 9.62 Å². The molecule has 0 aliphatic rings. The van der Waals surface area contributed by atoms with E-state index in [0.29, 0.717) is 28.2 Å². The molecule has 12 heteroatoms. The molecule has 0 atom stereocenters. The number of hydrogen-bond acceptors (Lipinski definition) is 5. The third-order valence-corrected chi connectivity index (χ3v) is 7.54. The molecule has 0 aliphatic heterocycles. The fourth-order valence-electron chi connectivity index (χ4n) is 3.60. The molecule has 0 aliphatic carbocycles. The summed E-state index contributed by atoms with van der Waals surface area (Å²) < 4.78 is 68.2. The number of rotatable bonds is 7. The van der Waals surface area contributed by atoms with Crippen LogP contribution in [0.1, 0.15) is 11.1 Å². The Balaban J connectivity index is 1.58. The van der Waals surface area contributed by atoms with E-state index in [-0.39, 0.29) is 11.5 Å². The molecule has 1 heterocycles. The molecule has 4 aromatic rings. The number of anilines is 2. The lowest BCUT2D eigenvalue weighted by Gasteiger charge is -2.20. The number of sulfonamides is 1. The molecule has 0 saturated heterocycles. The predicted octanol–water partition coefficient (Wildman–Crippen LogP) is 6.91. The summed E-state index contributed by atoms with van der Waals surface area (Å²) in [5.41, 5.74) is 1.21. The fraction of sp³-hybridized carbons (Fsp3) is 0.120.